The van der Waals surface area contributed by atoms with Crippen molar-refractivity contribution in [3.8, 4) is 11.1 Å². The van der Waals surface area contributed by atoms with Crippen LogP contribution in [0.1, 0.15) is 37.5 Å². The molecule has 6 rings (SSSR count). The predicted molar refractivity (Wildman–Crippen MR) is 154 cm³/mol. The van der Waals surface area contributed by atoms with E-state index in [1.807, 2.05) is 23.6 Å². The average Bonchev–Trinajstić information content (AvgIpc) is 3.62. The van der Waals surface area contributed by atoms with E-state index in [0.717, 1.165) is 38.0 Å². The third kappa shape index (κ3) is 4.81. The minimum Gasteiger partial charge on any atom is -0.478 e. The van der Waals surface area contributed by atoms with Crippen LogP contribution in [0.4, 0.5) is 0 Å². The lowest BCUT2D eigenvalue weighted by Crippen LogP contribution is -2.23. The summed E-state index contributed by atoms with van der Waals surface area (Å²) in [6, 6.07) is 27.3. The number of nitrogens with one attached hydrogen (secondary N) is 1. The summed E-state index contributed by atoms with van der Waals surface area (Å²) in [5.74, 6) is -1.16. The van der Waals surface area contributed by atoms with Crippen LogP contribution in [-0.2, 0) is 13.0 Å². The van der Waals surface area contributed by atoms with E-state index in [2.05, 4.69) is 53.2 Å². The summed E-state index contributed by atoms with van der Waals surface area (Å²) in [5, 5.41) is 19.5. The Morgan fingerprint density at radius 3 is 2.39 bits per heavy atom. The lowest BCUT2D eigenvalue weighted by atomic mass is 9.97. The van der Waals surface area contributed by atoms with Crippen LogP contribution in [-0.4, -0.2) is 21.4 Å². The molecular formula is C31H22N2O3S2. The molecule has 38 heavy (non-hydrogen) atoms. The first-order valence-electron chi connectivity index (χ1n) is 12.1. The van der Waals surface area contributed by atoms with Gasteiger partial charge in [0.25, 0.3) is 5.91 Å². The topological polar surface area (TPSA) is 79.3 Å². The van der Waals surface area contributed by atoms with Crippen LogP contribution in [0.5, 0.6) is 0 Å². The number of amides is 1. The molecule has 1 amide bonds. The van der Waals surface area contributed by atoms with E-state index in [-0.39, 0.29) is 11.5 Å². The van der Waals surface area contributed by atoms with Gasteiger partial charge in [-0.3, -0.25) is 4.79 Å². The van der Waals surface area contributed by atoms with Gasteiger partial charge in [0, 0.05) is 18.4 Å². The summed E-state index contributed by atoms with van der Waals surface area (Å²) in [4.78, 5) is 24.7. The predicted octanol–water partition coefficient (Wildman–Crippen LogP) is 7.40. The number of nitrogens with zero attached hydrogens (tertiary/aromatic N) is 1. The van der Waals surface area contributed by atoms with Gasteiger partial charge >= 0.3 is 5.97 Å². The van der Waals surface area contributed by atoms with Crippen molar-refractivity contribution in [3.05, 3.63) is 124 Å². The fraction of sp³-hybridized carbons (Fsp3) is 0.0645. The zero-order chi connectivity index (χ0) is 26.1. The van der Waals surface area contributed by atoms with Crippen LogP contribution in [0.15, 0.2) is 95.7 Å². The number of hydrogen-bond acceptors (Lipinski definition) is 5. The van der Waals surface area contributed by atoms with Gasteiger partial charge in [0.15, 0.2) is 0 Å². The number of carbonyl (C=O) groups is 2. The molecule has 0 aliphatic rings. The molecule has 0 aliphatic heterocycles. The fourth-order valence-corrected chi connectivity index (χ4v) is 6.14. The molecule has 0 unspecified atom stereocenters. The molecule has 0 saturated heterocycles. The summed E-state index contributed by atoms with van der Waals surface area (Å²) in [6.07, 6.45) is 0.625. The third-order valence-corrected chi connectivity index (χ3v) is 8.10. The maximum atomic E-state index is 13.6. The molecule has 2 aromatic heterocycles. The van der Waals surface area contributed by atoms with Crippen molar-refractivity contribution in [2.24, 2.45) is 0 Å². The fourth-order valence-electron chi connectivity index (χ4n) is 4.62. The number of carboxylic acid groups (broad SMARTS) is 1. The van der Waals surface area contributed by atoms with Crippen molar-refractivity contribution in [2.45, 2.75) is 13.0 Å². The maximum absolute atomic E-state index is 13.6. The van der Waals surface area contributed by atoms with Crippen LogP contribution in [0.2, 0.25) is 0 Å². The molecule has 186 valence electrons. The number of rotatable bonds is 7. The van der Waals surface area contributed by atoms with Crippen LogP contribution >= 0.6 is 22.9 Å². The van der Waals surface area contributed by atoms with E-state index in [1.54, 1.807) is 35.6 Å². The lowest BCUT2D eigenvalue weighted by molar-refractivity contribution is 0.0696. The largest absolute Gasteiger partial charge is 0.478 e. The highest BCUT2D eigenvalue weighted by atomic mass is 32.1. The molecule has 0 radical (unpaired) electrons. The van der Waals surface area contributed by atoms with Crippen molar-refractivity contribution in [1.29, 1.82) is 0 Å². The molecule has 5 nitrogen and oxygen atoms in total. The number of carboxylic acids is 1. The highest BCUT2D eigenvalue weighted by Gasteiger charge is 2.19. The zero-order valence-corrected chi connectivity index (χ0v) is 21.8. The Morgan fingerprint density at radius 2 is 1.63 bits per heavy atom. The first kappa shape index (κ1) is 24.0. The minimum atomic E-state index is -0.975. The summed E-state index contributed by atoms with van der Waals surface area (Å²) >= 11 is 3.03. The van der Waals surface area contributed by atoms with Gasteiger partial charge in [0.1, 0.15) is 0 Å². The number of benzene rings is 4. The number of carbonyl (C=O) groups excluding carboxylic acids is 1. The lowest BCUT2D eigenvalue weighted by Gasteiger charge is -2.10. The van der Waals surface area contributed by atoms with Gasteiger partial charge in [-0.05, 0) is 85.7 Å². The number of hydrogen-bond donors (Lipinski definition) is 2. The number of aromatic carboxylic acids is 1. The van der Waals surface area contributed by atoms with Gasteiger partial charge in [-0.2, -0.15) is 15.7 Å². The van der Waals surface area contributed by atoms with Crippen molar-refractivity contribution >= 4 is 55.6 Å². The van der Waals surface area contributed by atoms with E-state index >= 15 is 0 Å². The number of aromatic nitrogens is 1. The summed E-state index contributed by atoms with van der Waals surface area (Å²) in [7, 11) is 0. The Kier molecular flexibility index (Phi) is 6.45. The molecule has 2 heterocycles. The van der Waals surface area contributed by atoms with E-state index < -0.39 is 5.97 Å². The highest BCUT2D eigenvalue weighted by molar-refractivity contribution is 7.13. The molecule has 0 spiro atoms. The van der Waals surface area contributed by atoms with Crippen molar-refractivity contribution in [1.82, 2.24) is 9.69 Å². The van der Waals surface area contributed by atoms with E-state index in [9.17, 15) is 9.59 Å². The molecule has 4 aromatic carbocycles. The summed E-state index contributed by atoms with van der Waals surface area (Å²) in [5.41, 5.74) is 5.71. The minimum absolute atomic E-state index is 0.186. The highest BCUT2D eigenvalue weighted by Crippen LogP contribution is 2.34. The second-order valence-electron chi connectivity index (χ2n) is 9.08. The zero-order valence-electron chi connectivity index (χ0n) is 20.2. The van der Waals surface area contributed by atoms with Gasteiger partial charge in [-0.1, -0.05) is 54.6 Å². The van der Waals surface area contributed by atoms with Gasteiger partial charge in [0.2, 0.25) is 0 Å². The Balaban J connectivity index is 1.35. The van der Waals surface area contributed by atoms with E-state index in [0.29, 0.717) is 18.5 Å². The second kappa shape index (κ2) is 10.2. The molecule has 2 N–H and O–H groups in total. The first-order valence-corrected chi connectivity index (χ1v) is 13.8. The summed E-state index contributed by atoms with van der Waals surface area (Å²) in [6.45, 7) is 0.292. The molecular weight excluding hydrogens is 512 g/mol. The van der Waals surface area contributed by atoms with Crippen molar-refractivity contribution < 1.29 is 14.7 Å². The van der Waals surface area contributed by atoms with Crippen LogP contribution in [0.25, 0.3) is 32.0 Å². The maximum Gasteiger partial charge on any atom is 0.335 e. The number of thiophene rings is 1. The Hall–Kier alpha value is -4.33. The van der Waals surface area contributed by atoms with Crippen molar-refractivity contribution in [3.63, 3.8) is 0 Å². The van der Waals surface area contributed by atoms with E-state index in [4.69, 9.17) is 9.48 Å². The molecule has 0 atom stereocenters. The normalized spacial score (nSPS) is 11.2. The Morgan fingerprint density at radius 1 is 0.842 bits per heavy atom. The smallest absolute Gasteiger partial charge is 0.335 e. The van der Waals surface area contributed by atoms with Crippen LogP contribution in [0.3, 0.4) is 0 Å². The molecule has 0 aliphatic carbocycles. The SMILES string of the molecule is O=C(O)c1ccc(CNC(=O)c2cc(-c3ccsc3)cc3snc(Cc4ccc5ccccc5c4)c23)cc1. The van der Waals surface area contributed by atoms with Gasteiger partial charge in [-0.15, -0.1) is 0 Å². The van der Waals surface area contributed by atoms with Gasteiger partial charge < -0.3 is 10.4 Å². The van der Waals surface area contributed by atoms with Gasteiger partial charge in [-0.25, -0.2) is 4.79 Å². The summed E-state index contributed by atoms with van der Waals surface area (Å²) < 4.78 is 5.76. The molecule has 7 heteroatoms. The number of fused-ring (bicyclic) bond motifs is 2. The quantitative estimate of drug-likeness (QED) is 0.224. The van der Waals surface area contributed by atoms with E-state index in [1.165, 1.54) is 22.3 Å². The standard InChI is InChI=1S/C31H22N2O3S2/c34-30(32-17-19-5-9-22(10-6-19)31(35)36)26-15-25(24-11-12-37-18-24)16-28-29(26)27(33-38-28)14-20-7-8-21-3-1-2-4-23(21)13-20/h1-13,15-16,18H,14,17H2,(H,32,34)(H,35,36). The monoisotopic (exact) mass is 534 g/mol. The molecule has 0 saturated carbocycles. The molecule has 0 bridgehead atoms. The Bertz CT molecular complexity index is 1790. The van der Waals surface area contributed by atoms with Crippen LogP contribution in [0, 0.1) is 0 Å². The Labute approximate surface area is 227 Å². The van der Waals surface area contributed by atoms with Crippen molar-refractivity contribution in [2.75, 3.05) is 0 Å². The third-order valence-electron chi connectivity index (χ3n) is 6.58. The first-order chi connectivity index (χ1) is 18.5. The second-order valence-corrected chi connectivity index (χ2v) is 10.7. The molecule has 6 aromatic rings. The molecule has 0 fully saturated rings. The van der Waals surface area contributed by atoms with Crippen LogP contribution < -0.4 is 5.32 Å². The van der Waals surface area contributed by atoms with Gasteiger partial charge in [0.05, 0.1) is 21.5 Å². The average molecular weight is 535 g/mol.